The van der Waals surface area contributed by atoms with Crippen molar-refractivity contribution in [3.05, 3.63) is 54.2 Å². The molecule has 20 heavy (non-hydrogen) atoms. The van der Waals surface area contributed by atoms with E-state index in [9.17, 15) is 0 Å². The van der Waals surface area contributed by atoms with Crippen LogP contribution in [0.4, 0.5) is 5.69 Å². The highest BCUT2D eigenvalue weighted by Crippen LogP contribution is 2.23. The van der Waals surface area contributed by atoms with Crippen LogP contribution in [0, 0.1) is 0 Å². The molecule has 3 aromatic rings. The van der Waals surface area contributed by atoms with E-state index >= 15 is 0 Å². The molecule has 0 bridgehead atoms. The van der Waals surface area contributed by atoms with Gasteiger partial charge in [-0.1, -0.05) is 12.1 Å². The molecule has 1 aromatic heterocycles. The van der Waals surface area contributed by atoms with E-state index in [0.717, 1.165) is 22.3 Å². The first-order chi connectivity index (χ1) is 9.76. The number of anilines is 1. The maximum Gasteiger partial charge on any atom is 0.118 e. The van der Waals surface area contributed by atoms with Gasteiger partial charge in [-0.15, -0.1) is 0 Å². The first-order valence-corrected chi connectivity index (χ1v) is 6.60. The van der Waals surface area contributed by atoms with Crippen molar-refractivity contribution in [2.75, 3.05) is 12.4 Å². The lowest BCUT2D eigenvalue weighted by atomic mass is 10.1. The Kier molecular flexibility index (Phi) is 3.29. The molecule has 4 nitrogen and oxygen atoms in total. The number of methoxy groups -OCH3 is 1. The summed E-state index contributed by atoms with van der Waals surface area (Å²) >= 11 is 0. The summed E-state index contributed by atoms with van der Waals surface area (Å²) < 4.78 is 5.18. The highest BCUT2D eigenvalue weighted by atomic mass is 16.5. The SMILES string of the molecule is COc1ccc(C(C)Nc2ccc3[nH]ncc3c2)cc1. The number of rotatable bonds is 4. The fourth-order valence-corrected chi connectivity index (χ4v) is 2.26. The Morgan fingerprint density at radius 2 is 1.95 bits per heavy atom. The minimum absolute atomic E-state index is 0.227. The van der Waals surface area contributed by atoms with Gasteiger partial charge in [0.05, 0.1) is 18.8 Å². The molecule has 0 amide bonds. The topological polar surface area (TPSA) is 49.9 Å². The van der Waals surface area contributed by atoms with E-state index in [1.807, 2.05) is 24.4 Å². The number of nitrogens with zero attached hydrogens (tertiary/aromatic N) is 1. The van der Waals surface area contributed by atoms with Gasteiger partial charge in [0, 0.05) is 17.1 Å². The van der Waals surface area contributed by atoms with E-state index in [2.05, 4.69) is 46.7 Å². The summed E-state index contributed by atoms with van der Waals surface area (Å²) in [4.78, 5) is 0. The van der Waals surface area contributed by atoms with Crippen LogP contribution in [-0.4, -0.2) is 17.3 Å². The van der Waals surface area contributed by atoms with Gasteiger partial charge in [0.1, 0.15) is 5.75 Å². The van der Waals surface area contributed by atoms with Crippen LogP contribution in [-0.2, 0) is 0 Å². The van der Waals surface area contributed by atoms with Crippen molar-refractivity contribution in [3.8, 4) is 5.75 Å². The normalized spacial score (nSPS) is 12.3. The molecule has 0 saturated heterocycles. The van der Waals surface area contributed by atoms with Gasteiger partial charge >= 0.3 is 0 Å². The van der Waals surface area contributed by atoms with Crippen LogP contribution in [0.15, 0.2) is 48.7 Å². The van der Waals surface area contributed by atoms with E-state index in [0.29, 0.717) is 0 Å². The van der Waals surface area contributed by atoms with Gasteiger partial charge in [0.2, 0.25) is 0 Å². The van der Waals surface area contributed by atoms with Crippen LogP contribution in [0.3, 0.4) is 0 Å². The second kappa shape index (κ2) is 5.25. The van der Waals surface area contributed by atoms with E-state index < -0.39 is 0 Å². The standard InChI is InChI=1S/C16H17N3O/c1-11(12-3-6-15(20-2)7-4-12)18-14-5-8-16-13(9-14)10-17-19-16/h3-11,18H,1-2H3,(H,17,19). The Morgan fingerprint density at radius 3 is 2.70 bits per heavy atom. The number of H-pyrrole nitrogens is 1. The van der Waals surface area contributed by atoms with Gasteiger partial charge in [-0.05, 0) is 42.8 Å². The Balaban J connectivity index is 1.78. The molecular formula is C16H17N3O. The summed E-state index contributed by atoms with van der Waals surface area (Å²) in [7, 11) is 1.68. The van der Waals surface area contributed by atoms with Crippen molar-refractivity contribution < 1.29 is 4.74 Å². The Bertz CT molecular complexity index is 703. The van der Waals surface area contributed by atoms with Crippen molar-refractivity contribution in [2.24, 2.45) is 0 Å². The quantitative estimate of drug-likeness (QED) is 0.757. The van der Waals surface area contributed by atoms with E-state index in [1.54, 1.807) is 7.11 Å². The van der Waals surface area contributed by atoms with Crippen molar-refractivity contribution in [3.63, 3.8) is 0 Å². The highest BCUT2D eigenvalue weighted by molar-refractivity contribution is 5.81. The maximum atomic E-state index is 5.18. The second-order valence-corrected chi connectivity index (χ2v) is 4.81. The summed E-state index contributed by atoms with van der Waals surface area (Å²) in [6.45, 7) is 2.14. The van der Waals surface area contributed by atoms with Gasteiger partial charge in [-0.3, -0.25) is 5.10 Å². The van der Waals surface area contributed by atoms with Crippen molar-refractivity contribution in [1.29, 1.82) is 0 Å². The van der Waals surface area contributed by atoms with E-state index in [-0.39, 0.29) is 6.04 Å². The minimum Gasteiger partial charge on any atom is -0.497 e. The highest BCUT2D eigenvalue weighted by Gasteiger charge is 2.06. The number of benzene rings is 2. The largest absolute Gasteiger partial charge is 0.497 e. The summed E-state index contributed by atoms with van der Waals surface area (Å²) in [5.41, 5.74) is 3.35. The van der Waals surface area contributed by atoms with Crippen LogP contribution >= 0.6 is 0 Å². The third kappa shape index (κ3) is 2.45. The van der Waals surface area contributed by atoms with Gasteiger partial charge < -0.3 is 10.1 Å². The molecule has 102 valence electrons. The fourth-order valence-electron chi connectivity index (χ4n) is 2.26. The monoisotopic (exact) mass is 267 g/mol. The first-order valence-electron chi connectivity index (χ1n) is 6.60. The lowest BCUT2D eigenvalue weighted by Gasteiger charge is -2.16. The molecule has 0 radical (unpaired) electrons. The first kappa shape index (κ1) is 12.5. The van der Waals surface area contributed by atoms with Gasteiger partial charge in [0.15, 0.2) is 0 Å². The number of nitrogens with one attached hydrogen (secondary N) is 2. The Morgan fingerprint density at radius 1 is 1.15 bits per heavy atom. The molecule has 1 heterocycles. The Hall–Kier alpha value is -2.49. The summed E-state index contributed by atoms with van der Waals surface area (Å²) in [5.74, 6) is 0.876. The average Bonchev–Trinajstić information content (AvgIpc) is 2.95. The third-order valence-electron chi connectivity index (χ3n) is 3.44. The van der Waals surface area contributed by atoms with Crippen LogP contribution in [0.25, 0.3) is 10.9 Å². The number of hydrogen-bond acceptors (Lipinski definition) is 3. The van der Waals surface area contributed by atoms with Gasteiger partial charge in [-0.2, -0.15) is 5.10 Å². The molecule has 0 aliphatic carbocycles. The summed E-state index contributed by atoms with van der Waals surface area (Å²) in [6.07, 6.45) is 1.83. The van der Waals surface area contributed by atoms with Gasteiger partial charge in [0.25, 0.3) is 0 Å². The number of aromatic amines is 1. The molecule has 4 heteroatoms. The molecule has 1 unspecified atom stereocenters. The third-order valence-corrected chi connectivity index (χ3v) is 3.44. The van der Waals surface area contributed by atoms with Gasteiger partial charge in [-0.25, -0.2) is 0 Å². The Labute approximate surface area is 117 Å². The second-order valence-electron chi connectivity index (χ2n) is 4.81. The minimum atomic E-state index is 0.227. The zero-order valence-electron chi connectivity index (χ0n) is 11.6. The van der Waals surface area contributed by atoms with E-state index in [4.69, 9.17) is 4.74 Å². The smallest absolute Gasteiger partial charge is 0.118 e. The summed E-state index contributed by atoms with van der Waals surface area (Å²) in [5, 5.41) is 11.6. The number of aromatic nitrogens is 2. The zero-order valence-corrected chi connectivity index (χ0v) is 11.6. The van der Waals surface area contributed by atoms with Crippen LogP contribution in [0.1, 0.15) is 18.5 Å². The van der Waals surface area contributed by atoms with Crippen molar-refractivity contribution in [2.45, 2.75) is 13.0 Å². The van der Waals surface area contributed by atoms with E-state index in [1.165, 1.54) is 5.56 Å². The number of hydrogen-bond donors (Lipinski definition) is 2. The van der Waals surface area contributed by atoms with Crippen LogP contribution in [0.2, 0.25) is 0 Å². The zero-order chi connectivity index (χ0) is 13.9. The number of fused-ring (bicyclic) bond motifs is 1. The molecule has 0 spiro atoms. The van der Waals surface area contributed by atoms with Crippen molar-refractivity contribution in [1.82, 2.24) is 10.2 Å². The molecule has 2 aromatic carbocycles. The van der Waals surface area contributed by atoms with Crippen molar-refractivity contribution >= 4 is 16.6 Å². The maximum absolute atomic E-state index is 5.18. The molecule has 3 rings (SSSR count). The predicted octanol–water partition coefficient (Wildman–Crippen LogP) is 3.74. The molecule has 0 aliphatic heterocycles. The molecule has 1 atom stereocenters. The van der Waals surface area contributed by atoms with Crippen LogP contribution < -0.4 is 10.1 Å². The molecular weight excluding hydrogens is 250 g/mol. The lowest BCUT2D eigenvalue weighted by Crippen LogP contribution is -2.06. The number of ether oxygens (including phenoxy) is 1. The average molecular weight is 267 g/mol. The fraction of sp³-hybridized carbons (Fsp3) is 0.188. The molecule has 2 N–H and O–H groups in total. The lowest BCUT2D eigenvalue weighted by molar-refractivity contribution is 0.414. The molecule has 0 saturated carbocycles. The molecule has 0 fully saturated rings. The molecule has 0 aliphatic rings. The van der Waals surface area contributed by atoms with Crippen LogP contribution in [0.5, 0.6) is 5.75 Å². The predicted molar refractivity (Wildman–Crippen MR) is 81.1 cm³/mol. The summed E-state index contributed by atoms with van der Waals surface area (Å²) in [6, 6.07) is 14.5.